The molecule has 2 amide bonds. The van der Waals surface area contributed by atoms with Gasteiger partial charge in [0.05, 0.1) is 26.0 Å². The Morgan fingerprint density at radius 2 is 1.68 bits per heavy atom. The van der Waals surface area contributed by atoms with E-state index in [2.05, 4.69) is 15.1 Å². The predicted molar refractivity (Wildman–Crippen MR) is 155 cm³/mol. The maximum Gasteiger partial charge on any atom is 0.242 e. The molecular weight excluding hydrogens is 506 g/mol. The number of hydrogen-bond acceptors (Lipinski definition) is 7. The molecule has 3 aromatic rings. The average Bonchev–Trinajstić information content (AvgIpc) is 3.26. The van der Waals surface area contributed by atoms with Crippen LogP contribution < -0.4 is 14.4 Å². The number of ether oxygens (including phenoxy) is 2. The molecule has 0 saturated carbocycles. The number of carbonyl (C=O) groups is 2. The first-order valence-corrected chi connectivity index (χ1v) is 13.8. The number of methoxy groups -OCH3 is 2. The third kappa shape index (κ3) is 6.70. The van der Waals surface area contributed by atoms with Crippen LogP contribution >= 0.6 is 0 Å². The van der Waals surface area contributed by atoms with Crippen LogP contribution in [0.2, 0.25) is 0 Å². The van der Waals surface area contributed by atoms with Crippen LogP contribution in [-0.4, -0.2) is 78.8 Å². The number of anilines is 1. The first-order chi connectivity index (χ1) is 19.3. The highest BCUT2D eigenvalue weighted by molar-refractivity contribution is 5.86. The summed E-state index contributed by atoms with van der Waals surface area (Å²) in [5, 5.41) is 8.95. The van der Waals surface area contributed by atoms with Crippen LogP contribution in [0.3, 0.4) is 0 Å². The van der Waals surface area contributed by atoms with Crippen LogP contribution in [0.1, 0.15) is 38.8 Å². The molecule has 0 N–H and O–H groups in total. The fraction of sp³-hybridized carbons (Fsp3) is 0.419. The predicted octanol–water partition coefficient (Wildman–Crippen LogP) is 4.45. The Morgan fingerprint density at radius 1 is 0.900 bits per heavy atom. The zero-order valence-electron chi connectivity index (χ0n) is 24.0. The van der Waals surface area contributed by atoms with Gasteiger partial charge in [0.15, 0.2) is 5.82 Å². The summed E-state index contributed by atoms with van der Waals surface area (Å²) >= 11 is 0. The molecule has 1 aliphatic heterocycles. The van der Waals surface area contributed by atoms with E-state index in [4.69, 9.17) is 9.47 Å². The summed E-state index contributed by atoms with van der Waals surface area (Å²) < 4.78 is 10.8. The molecule has 0 bridgehead atoms. The molecule has 2 aromatic carbocycles. The topological polar surface area (TPSA) is 88.1 Å². The molecule has 40 heavy (non-hydrogen) atoms. The van der Waals surface area contributed by atoms with E-state index >= 15 is 0 Å². The Hall–Kier alpha value is -4.14. The second-order valence-corrected chi connectivity index (χ2v) is 10.3. The van der Waals surface area contributed by atoms with Crippen molar-refractivity contribution in [2.75, 3.05) is 51.8 Å². The number of amides is 2. The van der Waals surface area contributed by atoms with Crippen molar-refractivity contribution in [3.05, 3.63) is 66.2 Å². The van der Waals surface area contributed by atoms with Crippen LogP contribution in [0.4, 0.5) is 5.82 Å². The number of rotatable bonds is 9. The van der Waals surface area contributed by atoms with Gasteiger partial charge in [0.1, 0.15) is 18.0 Å². The van der Waals surface area contributed by atoms with Gasteiger partial charge >= 0.3 is 0 Å². The Labute approximate surface area is 236 Å². The monoisotopic (exact) mass is 545 g/mol. The SMILES string of the molecule is COc1ccc(-c2ccc(N3CCCN(C(=O)CN(C(=O)C(C)C)[C@@H](C)c4ccccc4)CC3)nn2)c(OC)c1. The molecule has 0 spiro atoms. The maximum absolute atomic E-state index is 13.4. The van der Waals surface area contributed by atoms with Gasteiger partial charge in [-0.25, -0.2) is 0 Å². The minimum Gasteiger partial charge on any atom is -0.497 e. The lowest BCUT2D eigenvalue weighted by atomic mass is 10.0. The minimum atomic E-state index is -0.196. The Bertz CT molecular complexity index is 1280. The van der Waals surface area contributed by atoms with Gasteiger partial charge in [-0.3, -0.25) is 9.59 Å². The first-order valence-electron chi connectivity index (χ1n) is 13.8. The number of nitrogens with zero attached hydrogens (tertiary/aromatic N) is 5. The molecule has 1 atom stereocenters. The van der Waals surface area contributed by atoms with E-state index in [1.807, 2.05) is 86.3 Å². The fourth-order valence-corrected chi connectivity index (χ4v) is 4.94. The fourth-order valence-electron chi connectivity index (χ4n) is 4.94. The van der Waals surface area contributed by atoms with Gasteiger partial charge in [0.25, 0.3) is 0 Å². The Balaban J connectivity index is 1.42. The summed E-state index contributed by atoms with van der Waals surface area (Å²) in [4.78, 5) is 32.3. The van der Waals surface area contributed by atoms with Gasteiger partial charge < -0.3 is 24.2 Å². The number of benzene rings is 2. The molecule has 9 nitrogen and oxygen atoms in total. The molecule has 0 aliphatic carbocycles. The van der Waals surface area contributed by atoms with Gasteiger partial charge in [-0.05, 0) is 43.2 Å². The van der Waals surface area contributed by atoms with Gasteiger partial charge in [0.2, 0.25) is 11.8 Å². The molecule has 4 rings (SSSR count). The largest absolute Gasteiger partial charge is 0.497 e. The quantitative estimate of drug-likeness (QED) is 0.393. The van der Waals surface area contributed by atoms with Crippen molar-refractivity contribution in [1.29, 1.82) is 0 Å². The standard InChI is InChI=1S/C31H39N5O4/c1-22(2)31(38)36(23(3)24-10-7-6-8-11-24)21-30(37)35-17-9-16-34(18-19-35)29-15-14-27(32-33-29)26-13-12-25(39-4)20-28(26)40-5/h6-8,10-15,20,22-23H,9,16-19,21H2,1-5H3/t23-/m0/s1. The van der Waals surface area contributed by atoms with E-state index in [1.165, 1.54) is 0 Å². The number of aromatic nitrogens is 2. The summed E-state index contributed by atoms with van der Waals surface area (Å²) in [6.07, 6.45) is 0.799. The minimum absolute atomic E-state index is 0.0231. The lowest BCUT2D eigenvalue weighted by Gasteiger charge is -2.32. The normalized spacial score (nSPS) is 14.4. The van der Waals surface area contributed by atoms with Crippen molar-refractivity contribution < 1.29 is 19.1 Å². The highest BCUT2D eigenvalue weighted by Crippen LogP contribution is 2.32. The van der Waals surface area contributed by atoms with Crippen molar-refractivity contribution in [3.8, 4) is 22.8 Å². The van der Waals surface area contributed by atoms with Gasteiger partial charge in [-0.1, -0.05) is 44.2 Å². The van der Waals surface area contributed by atoms with E-state index in [1.54, 1.807) is 19.1 Å². The Morgan fingerprint density at radius 3 is 2.33 bits per heavy atom. The lowest BCUT2D eigenvalue weighted by molar-refractivity contribution is -0.144. The van der Waals surface area contributed by atoms with Crippen molar-refractivity contribution in [3.63, 3.8) is 0 Å². The van der Waals surface area contributed by atoms with Crippen molar-refractivity contribution in [2.45, 2.75) is 33.2 Å². The van der Waals surface area contributed by atoms with E-state index < -0.39 is 0 Å². The third-order valence-electron chi connectivity index (χ3n) is 7.34. The van der Waals surface area contributed by atoms with Crippen LogP contribution in [0, 0.1) is 5.92 Å². The first kappa shape index (κ1) is 28.9. The van der Waals surface area contributed by atoms with E-state index in [0.717, 1.165) is 29.9 Å². The van der Waals surface area contributed by atoms with E-state index in [0.29, 0.717) is 36.8 Å². The Kier molecular flexibility index (Phi) is 9.58. The second kappa shape index (κ2) is 13.3. The molecule has 9 heteroatoms. The number of carbonyl (C=O) groups excluding carboxylic acids is 2. The van der Waals surface area contributed by atoms with Crippen LogP contribution in [0.15, 0.2) is 60.7 Å². The summed E-state index contributed by atoms with van der Waals surface area (Å²) in [6, 6.07) is 19.1. The molecule has 2 heterocycles. The molecule has 1 saturated heterocycles. The second-order valence-electron chi connectivity index (χ2n) is 10.3. The van der Waals surface area contributed by atoms with Gasteiger partial charge in [-0.15, -0.1) is 10.2 Å². The molecule has 0 unspecified atom stereocenters. The average molecular weight is 546 g/mol. The van der Waals surface area contributed by atoms with E-state index in [-0.39, 0.29) is 30.3 Å². The lowest BCUT2D eigenvalue weighted by Crippen LogP contribution is -2.46. The highest BCUT2D eigenvalue weighted by atomic mass is 16.5. The summed E-state index contributed by atoms with van der Waals surface area (Å²) in [5.74, 6) is 1.88. The zero-order chi connectivity index (χ0) is 28.6. The van der Waals surface area contributed by atoms with Crippen molar-refractivity contribution in [2.24, 2.45) is 5.92 Å². The third-order valence-corrected chi connectivity index (χ3v) is 7.34. The smallest absolute Gasteiger partial charge is 0.242 e. The molecule has 1 aliphatic rings. The molecular formula is C31H39N5O4. The molecule has 1 aromatic heterocycles. The zero-order valence-corrected chi connectivity index (χ0v) is 24.0. The van der Waals surface area contributed by atoms with Gasteiger partial charge in [-0.2, -0.15) is 0 Å². The molecule has 212 valence electrons. The van der Waals surface area contributed by atoms with E-state index in [9.17, 15) is 9.59 Å². The van der Waals surface area contributed by atoms with Gasteiger partial charge in [0, 0.05) is 43.7 Å². The van der Waals surface area contributed by atoms with Crippen LogP contribution in [0.25, 0.3) is 11.3 Å². The van der Waals surface area contributed by atoms with Crippen LogP contribution in [-0.2, 0) is 9.59 Å². The summed E-state index contributed by atoms with van der Waals surface area (Å²) in [5.41, 5.74) is 2.55. The highest BCUT2D eigenvalue weighted by Gasteiger charge is 2.29. The molecule has 1 fully saturated rings. The van der Waals surface area contributed by atoms with Crippen molar-refractivity contribution >= 4 is 17.6 Å². The number of hydrogen-bond donors (Lipinski definition) is 0. The van der Waals surface area contributed by atoms with Crippen LogP contribution in [0.5, 0.6) is 11.5 Å². The summed E-state index contributed by atoms with van der Waals surface area (Å²) in [6.45, 7) is 8.38. The summed E-state index contributed by atoms with van der Waals surface area (Å²) in [7, 11) is 3.23. The van der Waals surface area contributed by atoms with Crippen molar-refractivity contribution in [1.82, 2.24) is 20.0 Å². The molecule has 0 radical (unpaired) electrons. The maximum atomic E-state index is 13.4.